The molecule has 2 N–H and O–H groups in total. The van der Waals surface area contributed by atoms with Gasteiger partial charge in [-0.2, -0.15) is 0 Å². The number of sulfonamides is 1. The van der Waals surface area contributed by atoms with Crippen molar-refractivity contribution in [3.05, 3.63) is 16.7 Å². The summed E-state index contributed by atoms with van der Waals surface area (Å²) in [5.74, 6) is 1.24. The topological polar surface area (TPSA) is 71.1 Å². The van der Waals surface area contributed by atoms with Crippen LogP contribution in [-0.4, -0.2) is 26.5 Å². The van der Waals surface area contributed by atoms with Crippen molar-refractivity contribution < 1.29 is 8.42 Å². The maximum atomic E-state index is 12.7. The molecule has 118 valence electrons. The molecule has 0 spiro atoms. The van der Waals surface area contributed by atoms with Gasteiger partial charge in [0, 0.05) is 23.8 Å². The Morgan fingerprint density at radius 2 is 2.05 bits per heavy atom. The minimum atomic E-state index is -3.59. The maximum Gasteiger partial charge on any atom is 0.244 e. The van der Waals surface area contributed by atoms with E-state index in [1.807, 2.05) is 0 Å². The van der Waals surface area contributed by atoms with Crippen LogP contribution in [0.1, 0.15) is 33.1 Å². The molecule has 21 heavy (non-hydrogen) atoms. The summed E-state index contributed by atoms with van der Waals surface area (Å²) in [6.45, 7) is 4.31. The number of aromatic nitrogens is 1. The fourth-order valence-electron chi connectivity index (χ4n) is 2.82. The van der Waals surface area contributed by atoms with Crippen molar-refractivity contribution in [1.82, 2.24) is 9.71 Å². The lowest BCUT2D eigenvalue weighted by Gasteiger charge is -2.34. The molecule has 5 nitrogen and oxygen atoms in total. The molecule has 1 heterocycles. The number of pyridine rings is 1. The van der Waals surface area contributed by atoms with Crippen LogP contribution < -0.4 is 10.0 Å². The summed E-state index contributed by atoms with van der Waals surface area (Å²) in [4.78, 5) is 4.30. The highest BCUT2D eigenvalue weighted by Crippen LogP contribution is 2.31. The highest BCUT2D eigenvalue weighted by atomic mass is 79.9. The normalized spacial score (nSPS) is 26.6. The molecule has 0 radical (unpaired) electrons. The number of nitrogens with zero attached hydrogens (tertiary/aromatic N) is 1. The second kappa shape index (κ2) is 6.62. The third-order valence-corrected chi connectivity index (χ3v) is 6.30. The van der Waals surface area contributed by atoms with Gasteiger partial charge >= 0.3 is 0 Å². The molecule has 1 aliphatic rings. The Labute approximate surface area is 135 Å². The summed E-state index contributed by atoms with van der Waals surface area (Å²) < 4.78 is 28.9. The van der Waals surface area contributed by atoms with Gasteiger partial charge in [0.05, 0.1) is 0 Å². The van der Waals surface area contributed by atoms with Gasteiger partial charge in [-0.15, -0.1) is 0 Å². The monoisotopic (exact) mass is 375 g/mol. The van der Waals surface area contributed by atoms with Gasteiger partial charge in [0.2, 0.25) is 10.0 Å². The van der Waals surface area contributed by atoms with Crippen molar-refractivity contribution >= 4 is 31.8 Å². The predicted octanol–water partition coefficient (Wildman–Crippen LogP) is 2.99. The first-order valence-corrected chi connectivity index (χ1v) is 9.48. The standard InChI is InChI=1S/C14H22BrN3O2S/c1-9-5-4-6-12(10(9)2)18-21(19,20)13-7-11(15)8-17-14(13)16-3/h7-10,12,18H,4-6H2,1-3H3,(H,16,17). The minimum Gasteiger partial charge on any atom is -0.372 e. The molecule has 1 aliphatic carbocycles. The molecular weight excluding hydrogens is 354 g/mol. The molecule has 3 atom stereocenters. The van der Waals surface area contributed by atoms with Crippen LogP contribution in [0.3, 0.4) is 0 Å². The quantitative estimate of drug-likeness (QED) is 0.848. The van der Waals surface area contributed by atoms with E-state index in [-0.39, 0.29) is 10.9 Å². The van der Waals surface area contributed by atoms with Gasteiger partial charge in [0.15, 0.2) is 0 Å². The lowest BCUT2D eigenvalue weighted by Crippen LogP contribution is -2.43. The first-order chi connectivity index (χ1) is 9.85. The Kier molecular flexibility index (Phi) is 5.27. The van der Waals surface area contributed by atoms with E-state index in [1.54, 1.807) is 19.3 Å². The van der Waals surface area contributed by atoms with Crippen molar-refractivity contribution in [2.75, 3.05) is 12.4 Å². The van der Waals surface area contributed by atoms with Crippen molar-refractivity contribution in [2.24, 2.45) is 11.8 Å². The Hall–Kier alpha value is -0.660. The van der Waals surface area contributed by atoms with Gasteiger partial charge in [0.1, 0.15) is 10.7 Å². The number of hydrogen-bond acceptors (Lipinski definition) is 4. The molecule has 0 saturated heterocycles. The summed E-state index contributed by atoms with van der Waals surface area (Å²) in [5, 5.41) is 2.84. The summed E-state index contributed by atoms with van der Waals surface area (Å²) in [7, 11) is -1.92. The molecular formula is C14H22BrN3O2S. The molecule has 1 fully saturated rings. The van der Waals surface area contributed by atoms with Crippen LogP contribution in [-0.2, 0) is 10.0 Å². The molecule has 0 aromatic carbocycles. The van der Waals surface area contributed by atoms with Gasteiger partial charge < -0.3 is 5.32 Å². The molecule has 1 saturated carbocycles. The van der Waals surface area contributed by atoms with Crippen LogP contribution in [0.15, 0.2) is 21.6 Å². The van der Waals surface area contributed by atoms with Gasteiger partial charge in [0.25, 0.3) is 0 Å². The van der Waals surface area contributed by atoms with Gasteiger partial charge in [-0.25, -0.2) is 18.1 Å². The number of nitrogens with one attached hydrogen (secondary N) is 2. The summed E-state index contributed by atoms with van der Waals surface area (Å²) in [5.41, 5.74) is 0. The number of halogens is 1. The van der Waals surface area contributed by atoms with Crippen LogP contribution in [0.2, 0.25) is 0 Å². The second-order valence-corrected chi connectivity index (χ2v) is 8.34. The third kappa shape index (κ3) is 3.76. The van der Waals surface area contributed by atoms with E-state index >= 15 is 0 Å². The molecule has 7 heteroatoms. The first kappa shape index (κ1) is 16.7. The largest absolute Gasteiger partial charge is 0.372 e. The second-order valence-electron chi connectivity index (χ2n) is 5.75. The molecule has 2 rings (SSSR count). The predicted molar refractivity (Wildman–Crippen MR) is 87.8 cm³/mol. The van der Waals surface area contributed by atoms with E-state index in [9.17, 15) is 8.42 Å². The van der Waals surface area contributed by atoms with Gasteiger partial charge in [-0.1, -0.05) is 26.7 Å². The Bertz CT molecular complexity index is 606. The maximum absolute atomic E-state index is 12.7. The van der Waals surface area contributed by atoms with E-state index in [4.69, 9.17) is 0 Å². The lowest BCUT2D eigenvalue weighted by atomic mass is 9.78. The van der Waals surface area contributed by atoms with Crippen molar-refractivity contribution in [3.63, 3.8) is 0 Å². The summed E-state index contributed by atoms with van der Waals surface area (Å²) in [6.07, 6.45) is 4.70. The van der Waals surface area contributed by atoms with Crippen molar-refractivity contribution in [2.45, 2.75) is 44.0 Å². The number of anilines is 1. The average Bonchev–Trinajstić information content (AvgIpc) is 2.44. The third-order valence-electron chi connectivity index (χ3n) is 4.36. The van der Waals surface area contributed by atoms with E-state index in [0.717, 1.165) is 12.8 Å². The van der Waals surface area contributed by atoms with E-state index in [2.05, 4.69) is 44.8 Å². The highest BCUT2D eigenvalue weighted by molar-refractivity contribution is 9.10. The van der Waals surface area contributed by atoms with Gasteiger partial charge in [-0.3, -0.25) is 0 Å². The molecule has 0 aliphatic heterocycles. The average molecular weight is 376 g/mol. The van der Waals surface area contributed by atoms with Crippen LogP contribution in [0, 0.1) is 11.8 Å². The fourth-order valence-corrected chi connectivity index (χ4v) is 4.86. The Morgan fingerprint density at radius 1 is 1.33 bits per heavy atom. The SMILES string of the molecule is CNc1ncc(Br)cc1S(=O)(=O)NC1CCCC(C)C1C. The summed E-state index contributed by atoms with van der Waals surface area (Å²) in [6, 6.07) is 1.57. The molecule has 1 aromatic rings. The van der Waals surface area contributed by atoms with E-state index < -0.39 is 10.0 Å². The number of rotatable bonds is 4. The smallest absolute Gasteiger partial charge is 0.244 e. The number of hydrogen-bond donors (Lipinski definition) is 2. The highest BCUT2D eigenvalue weighted by Gasteiger charge is 2.31. The van der Waals surface area contributed by atoms with Crippen LogP contribution in [0.5, 0.6) is 0 Å². The zero-order valence-electron chi connectivity index (χ0n) is 12.6. The van der Waals surface area contributed by atoms with Crippen LogP contribution in [0.4, 0.5) is 5.82 Å². The van der Waals surface area contributed by atoms with Crippen LogP contribution >= 0.6 is 15.9 Å². The lowest BCUT2D eigenvalue weighted by molar-refractivity contribution is 0.227. The van der Waals surface area contributed by atoms with E-state index in [1.165, 1.54) is 6.42 Å². The zero-order chi connectivity index (χ0) is 15.6. The molecule has 0 amide bonds. The van der Waals surface area contributed by atoms with Crippen molar-refractivity contribution in [1.29, 1.82) is 0 Å². The van der Waals surface area contributed by atoms with Crippen molar-refractivity contribution in [3.8, 4) is 0 Å². The zero-order valence-corrected chi connectivity index (χ0v) is 15.0. The van der Waals surface area contributed by atoms with Crippen LogP contribution in [0.25, 0.3) is 0 Å². The Morgan fingerprint density at radius 3 is 2.71 bits per heavy atom. The minimum absolute atomic E-state index is 0.0116. The van der Waals surface area contributed by atoms with Gasteiger partial charge in [-0.05, 0) is 40.3 Å². The fraction of sp³-hybridized carbons (Fsp3) is 0.643. The van der Waals surface area contributed by atoms with E-state index in [0.29, 0.717) is 22.1 Å². The molecule has 1 aromatic heterocycles. The molecule has 3 unspecified atom stereocenters. The Balaban J connectivity index is 2.28. The summed E-state index contributed by atoms with van der Waals surface area (Å²) >= 11 is 3.28. The molecule has 0 bridgehead atoms. The first-order valence-electron chi connectivity index (χ1n) is 7.20.